The van der Waals surface area contributed by atoms with Gasteiger partial charge in [0.2, 0.25) is 0 Å². The zero-order valence-electron chi connectivity index (χ0n) is 8.95. The van der Waals surface area contributed by atoms with Crippen molar-refractivity contribution in [3.05, 3.63) is 60.0 Å². The predicted octanol–water partition coefficient (Wildman–Crippen LogP) is 2.77. The average molecular weight is 242 g/mol. The van der Waals surface area contributed by atoms with E-state index in [1.165, 1.54) is 0 Å². The van der Waals surface area contributed by atoms with Crippen molar-refractivity contribution in [2.45, 2.75) is 0 Å². The van der Waals surface area contributed by atoms with Crippen molar-refractivity contribution in [3.8, 4) is 0 Å². The topological polar surface area (TPSA) is 54.5 Å². The Morgan fingerprint density at radius 2 is 1.59 bits per heavy atom. The lowest BCUT2D eigenvalue weighted by Gasteiger charge is -1.93. The molecule has 1 aromatic carbocycles. The zero-order valence-corrected chi connectivity index (χ0v) is 9.76. The summed E-state index contributed by atoms with van der Waals surface area (Å²) in [5.41, 5.74) is 1.03. The van der Waals surface area contributed by atoms with Gasteiger partial charge in [0.15, 0.2) is 4.77 Å². The third-order valence-electron chi connectivity index (χ3n) is 2.00. The van der Waals surface area contributed by atoms with Gasteiger partial charge in [-0.1, -0.05) is 18.2 Å². The highest BCUT2D eigenvalue weighted by Gasteiger charge is 1.88. The van der Waals surface area contributed by atoms with E-state index in [0.717, 1.165) is 10.9 Å². The molecule has 0 fully saturated rings. The van der Waals surface area contributed by atoms with Gasteiger partial charge in [0.1, 0.15) is 0 Å². The van der Waals surface area contributed by atoms with E-state index < -0.39 is 0 Å². The number of benzene rings is 1. The van der Waals surface area contributed by atoms with Gasteiger partial charge in [0.25, 0.3) is 0 Å². The molecular formula is C12H10N4S. The summed E-state index contributed by atoms with van der Waals surface area (Å²) in [6, 6.07) is 7.91. The number of fused-ring (bicyclic) bond motifs is 1. The Morgan fingerprint density at radius 3 is 2.24 bits per heavy atom. The molecule has 0 spiro atoms. The third-order valence-corrected chi connectivity index (χ3v) is 2.21. The first-order valence-electron chi connectivity index (χ1n) is 5.00. The Bertz CT molecular complexity index is 610. The second kappa shape index (κ2) is 5.81. The lowest BCUT2D eigenvalue weighted by molar-refractivity contribution is 1.19. The number of aromatic nitrogens is 4. The van der Waals surface area contributed by atoms with Crippen LogP contribution >= 0.6 is 12.2 Å². The summed E-state index contributed by atoms with van der Waals surface area (Å²) in [6.07, 6.45) is 8.33. The van der Waals surface area contributed by atoms with Crippen LogP contribution in [0.25, 0.3) is 10.9 Å². The molecule has 0 saturated heterocycles. The van der Waals surface area contributed by atoms with Crippen LogP contribution in [0.1, 0.15) is 0 Å². The SMILES string of the molecule is S=c1ncc2ccccc2[nH]1.c1cnccn1. The molecule has 84 valence electrons. The fraction of sp³-hybridized carbons (Fsp3) is 0. The van der Waals surface area contributed by atoms with E-state index in [0.29, 0.717) is 4.77 Å². The highest BCUT2D eigenvalue weighted by Crippen LogP contribution is 2.07. The summed E-state index contributed by atoms with van der Waals surface area (Å²) in [5, 5.41) is 1.08. The number of aromatic amines is 1. The molecule has 0 aliphatic heterocycles. The van der Waals surface area contributed by atoms with E-state index in [1.807, 2.05) is 24.3 Å². The minimum atomic E-state index is 0.531. The predicted molar refractivity (Wildman–Crippen MR) is 69.0 cm³/mol. The van der Waals surface area contributed by atoms with Crippen molar-refractivity contribution >= 4 is 23.1 Å². The van der Waals surface area contributed by atoms with Crippen LogP contribution < -0.4 is 0 Å². The quantitative estimate of drug-likeness (QED) is 0.616. The van der Waals surface area contributed by atoms with Crippen LogP contribution in [-0.4, -0.2) is 19.9 Å². The maximum atomic E-state index is 4.87. The summed E-state index contributed by atoms with van der Waals surface area (Å²) < 4.78 is 0.531. The summed E-state index contributed by atoms with van der Waals surface area (Å²) in [7, 11) is 0. The van der Waals surface area contributed by atoms with E-state index in [-0.39, 0.29) is 0 Å². The average Bonchev–Trinajstić information content (AvgIpc) is 2.41. The summed E-state index contributed by atoms with van der Waals surface area (Å²) in [6.45, 7) is 0. The van der Waals surface area contributed by atoms with Gasteiger partial charge in [-0.2, -0.15) is 0 Å². The monoisotopic (exact) mass is 242 g/mol. The van der Waals surface area contributed by atoms with Crippen LogP contribution in [0.4, 0.5) is 0 Å². The minimum absolute atomic E-state index is 0.531. The largest absolute Gasteiger partial charge is 0.330 e. The fourth-order valence-electron chi connectivity index (χ4n) is 1.25. The molecule has 0 aliphatic carbocycles. The van der Waals surface area contributed by atoms with Crippen LogP contribution in [-0.2, 0) is 0 Å². The molecule has 2 aromatic heterocycles. The van der Waals surface area contributed by atoms with Crippen LogP contribution in [0.15, 0.2) is 55.2 Å². The van der Waals surface area contributed by atoms with Crippen molar-refractivity contribution in [1.29, 1.82) is 0 Å². The summed E-state index contributed by atoms with van der Waals surface area (Å²) >= 11 is 4.87. The molecule has 0 unspecified atom stereocenters. The van der Waals surface area contributed by atoms with Gasteiger partial charge in [0.05, 0.1) is 0 Å². The first-order valence-corrected chi connectivity index (χ1v) is 5.41. The molecule has 1 N–H and O–H groups in total. The Labute approximate surface area is 103 Å². The lowest BCUT2D eigenvalue weighted by Crippen LogP contribution is -1.81. The molecule has 0 radical (unpaired) electrons. The minimum Gasteiger partial charge on any atom is -0.330 e. The van der Waals surface area contributed by atoms with Gasteiger partial charge >= 0.3 is 0 Å². The third kappa shape index (κ3) is 3.42. The number of hydrogen-bond donors (Lipinski definition) is 1. The van der Waals surface area contributed by atoms with Crippen LogP contribution in [0.3, 0.4) is 0 Å². The van der Waals surface area contributed by atoms with Crippen molar-refractivity contribution in [3.63, 3.8) is 0 Å². The molecule has 2 heterocycles. The smallest absolute Gasteiger partial charge is 0.197 e. The Kier molecular flexibility index (Phi) is 3.88. The van der Waals surface area contributed by atoms with Gasteiger partial charge < -0.3 is 4.98 Å². The number of nitrogens with one attached hydrogen (secondary N) is 1. The normalized spacial score (nSPS) is 9.41. The molecule has 0 saturated carbocycles. The van der Waals surface area contributed by atoms with Gasteiger partial charge in [-0.3, -0.25) is 9.97 Å². The molecule has 0 amide bonds. The van der Waals surface area contributed by atoms with Gasteiger partial charge in [-0.15, -0.1) is 0 Å². The van der Waals surface area contributed by atoms with Crippen molar-refractivity contribution in [2.24, 2.45) is 0 Å². The summed E-state index contributed by atoms with van der Waals surface area (Å²) in [5.74, 6) is 0. The van der Waals surface area contributed by atoms with Crippen molar-refractivity contribution < 1.29 is 0 Å². The Morgan fingerprint density at radius 1 is 0.941 bits per heavy atom. The first kappa shape index (κ1) is 11.3. The standard InChI is InChI=1S/C8H6N2S.C4H4N2/c11-8-9-5-6-3-1-2-4-7(6)10-8;1-2-6-4-3-5-1/h1-5H,(H,9,10,11);1-4H. The molecule has 4 nitrogen and oxygen atoms in total. The Balaban J connectivity index is 0.000000153. The van der Waals surface area contributed by atoms with E-state index in [4.69, 9.17) is 12.2 Å². The number of hydrogen-bond acceptors (Lipinski definition) is 4. The second-order valence-electron chi connectivity index (χ2n) is 3.17. The van der Waals surface area contributed by atoms with Gasteiger partial charge in [-0.05, 0) is 18.3 Å². The van der Waals surface area contributed by atoms with E-state index in [1.54, 1.807) is 31.0 Å². The number of para-hydroxylation sites is 1. The Hall–Kier alpha value is -2.14. The molecule has 3 aromatic rings. The molecular weight excluding hydrogens is 232 g/mol. The molecule has 0 atom stereocenters. The molecule has 0 aliphatic rings. The first-order chi connectivity index (χ1) is 8.36. The van der Waals surface area contributed by atoms with Crippen molar-refractivity contribution in [1.82, 2.24) is 19.9 Å². The maximum Gasteiger partial charge on any atom is 0.197 e. The fourth-order valence-corrected chi connectivity index (χ4v) is 1.42. The van der Waals surface area contributed by atoms with Crippen LogP contribution in [0.2, 0.25) is 0 Å². The number of nitrogens with zero attached hydrogens (tertiary/aromatic N) is 3. The van der Waals surface area contributed by atoms with E-state index in [2.05, 4.69) is 19.9 Å². The number of H-pyrrole nitrogens is 1. The molecule has 0 bridgehead atoms. The zero-order chi connectivity index (χ0) is 11.9. The van der Waals surface area contributed by atoms with Gasteiger partial charge in [0, 0.05) is 41.9 Å². The van der Waals surface area contributed by atoms with E-state index in [9.17, 15) is 0 Å². The van der Waals surface area contributed by atoms with Crippen molar-refractivity contribution in [2.75, 3.05) is 0 Å². The highest BCUT2D eigenvalue weighted by atomic mass is 32.1. The lowest BCUT2D eigenvalue weighted by atomic mass is 10.2. The molecule has 5 heteroatoms. The van der Waals surface area contributed by atoms with Gasteiger partial charge in [-0.25, -0.2) is 4.98 Å². The van der Waals surface area contributed by atoms with Crippen LogP contribution in [0.5, 0.6) is 0 Å². The second-order valence-corrected chi connectivity index (χ2v) is 3.56. The van der Waals surface area contributed by atoms with E-state index >= 15 is 0 Å². The van der Waals surface area contributed by atoms with Crippen LogP contribution in [0, 0.1) is 4.77 Å². The number of rotatable bonds is 0. The molecule has 3 rings (SSSR count). The maximum absolute atomic E-state index is 4.87. The highest BCUT2D eigenvalue weighted by molar-refractivity contribution is 7.71. The summed E-state index contributed by atoms with van der Waals surface area (Å²) in [4.78, 5) is 14.4. The molecule has 17 heavy (non-hydrogen) atoms.